The molecule has 1 atom stereocenters. The van der Waals surface area contributed by atoms with Crippen molar-refractivity contribution in [1.29, 1.82) is 0 Å². The maximum absolute atomic E-state index is 13.7. The summed E-state index contributed by atoms with van der Waals surface area (Å²) in [6.45, 7) is 6.02. The Balaban J connectivity index is 1.70. The average molecular weight is 364 g/mol. The van der Waals surface area contributed by atoms with Gasteiger partial charge in [-0.1, -0.05) is 17.8 Å². The number of rotatable bonds is 7. The maximum atomic E-state index is 13.7. The van der Waals surface area contributed by atoms with Crippen molar-refractivity contribution >= 4 is 23.4 Å². The van der Waals surface area contributed by atoms with E-state index >= 15 is 0 Å². The number of carbonyl (C=O) groups excluding carboxylic acids is 1. The number of nitrogens with one attached hydrogen (secondary N) is 1. The molecule has 0 saturated heterocycles. The number of aromatic nitrogens is 3. The maximum Gasteiger partial charge on any atom is 0.237 e. The van der Waals surface area contributed by atoms with Gasteiger partial charge in [0.15, 0.2) is 5.16 Å². The van der Waals surface area contributed by atoms with Crippen molar-refractivity contribution in [3.05, 3.63) is 48.3 Å². The molecular weight excluding hydrogens is 346 g/mol. The van der Waals surface area contributed by atoms with E-state index in [1.807, 2.05) is 4.57 Å². The number of carbonyl (C=O) groups is 1. The van der Waals surface area contributed by atoms with Gasteiger partial charge in [-0.15, -0.1) is 16.8 Å². The molecule has 5 nitrogen and oxygen atoms in total. The zero-order chi connectivity index (χ0) is 18.0. The fourth-order valence-corrected chi connectivity index (χ4v) is 3.23. The molecule has 8 heteroatoms. The summed E-state index contributed by atoms with van der Waals surface area (Å²) in [6, 6.07) is 3.03. The van der Waals surface area contributed by atoms with E-state index in [0.717, 1.165) is 30.8 Å². The minimum absolute atomic E-state index is 0.0509. The lowest BCUT2D eigenvalue weighted by molar-refractivity contribution is -0.115. The zero-order valence-electron chi connectivity index (χ0n) is 13.7. The van der Waals surface area contributed by atoms with Crippen LogP contribution in [0.15, 0.2) is 36.0 Å². The predicted molar refractivity (Wildman–Crippen MR) is 92.5 cm³/mol. The van der Waals surface area contributed by atoms with Crippen molar-refractivity contribution in [2.45, 2.75) is 42.6 Å². The molecule has 0 radical (unpaired) electrons. The van der Waals surface area contributed by atoms with Gasteiger partial charge < -0.3 is 9.88 Å². The molecular formula is C17H18F2N4OS. The van der Waals surface area contributed by atoms with Crippen molar-refractivity contribution in [3.8, 4) is 0 Å². The molecule has 1 N–H and O–H groups in total. The highest BCUT2D eigenvalue weighted by Crippen LogP contribution is 2.40. The van der Waals surface area contributed by atoms with Crippen molar-refractivity contribution in [2.75, 3.05) is 5.32 Å². The molecule has 25 heavy (non-hydrogen) atoms. The van der Waals surface area contributed by atoms with E-state index in [4.69, 9.17) is 0 Å². The van der Waals surface area contributed by atoms with Gasteiger partial charge in [-0.25, -0.2) is 8.78 Å². The number of allylic oxidation sites excluding steroid dienone is 1. The third-order valence-corrected chi connectivity index (χ3v) is 4.92. The Labute approximate surface area is 148 Å². The number of anilines is 1. The monoisotopic (exact) mass is 364 g/mol. The molecule has 0 aliphatic heterocycles. The van der Waals surface area contributed by atoms with Crippen molar-refractivity contribution < 1.29 is 13.6 Å². The lowest BCUT2D eigenvalue weighted by Gasteiger charge is -2.13. The first-order chi connectivity index (χ1) is 12.0. The van der Waals surface area contributed by atoms with Crippen LogP contribution in [0.5, 0.6) is 0 Å². The van der Waals surface area contributed by atoms with Crippen LogP contribution in [0, 0.1) is 11.6 Å². The van der Waals surface area contributed by atoms with Gasteiger partial charge in [-0.05, 0) is 31.9 Å². The number of hydrogen-bond acceptors (Lipinski definition) is 4. The van der Waals surface area contributed by atoms with Gasteiger partial charge >= 0.3 is 0 Å². The molecule has 1 heterocycles. The Morgan fingerprint density at radius 1 is 1.48 bits per heavy atom. The largest absolute Gasteiger partial charge is 0.323 e. The Kier molecular flexibility index (Phi) is 5.17. The van der Waals surface area contributed by atoms with Gasteiger partial charge in [0.05, 0.1) is 10.9 Å². The van der Waals surface area contributed by atoms with E-state index < -0.39 is 22.8 Å². The standard InChI is InChI=1S/C17H18F2N4OS/c1-3-8-23-15(11-4-5-11)21-22-17(23)25-10(2)16(24)20-14-7-6-12(18)9-13(14)19/h3,6-7,9-11H,1,4-5,8H2,2H3,(H,20,24). The van der Waals surface area contributed by atoms with Crippen LogP contribution >= 0.6 is 11.8 Å². The molecule has 3 rings (SSSR count). The van der Waals surface area contributed by atoms with E-state index in [9.17, 15) is 13.6 Å². The van der Waals surface area contributed by atoms with Crippen LogP contribution in [0.4, 0.5) is 14.5 Å². The summed E-state index contributed by atoms with van der Waals surface area (Å²) in [7, 11) is 0. The average Bonchev–Trinajstić information content (AvgIpc) is 3.34. The van der Waals surface area contributed by atoms with Crippen LogP contribution < -0.4 is 5.32 Å². The fourth-order valence-electron chi connectivity index (χ4n) is 2.37. The predicted octanol–water partition coefficient (Wildman–Crippen LogP) is 3.74. The Hall–Kier alpha value is -2.22. The highest BCUT2D eigenvalue weighted by Gasteiger charge is 2.31. The second kappa shape index (κ2) is 7.35. The number of thioether (sulfide) groups is 1. The Morgan fingerprint density at radius 3 is 2.88 bits per heavy atom. The van der Waals surface area contributed by atoms with Gasteiger partial charge in [0.2, 0.25) is 5.91 Å². The minimum atomic E-state index is -0.809. The second-order valence-corrected chi connectivity index (χ2v) is 7.20. The first-order valence-corrected chi connectivity index (χ1v) is 8.84. The van der Waals surface area contributed by atoms with Crippen LogP contribution in [0.25, 0.3) is 0 Å². The summed E-state index contributed by atoms with van der Waals surface area (Å²) in [5.41, 5.74) is -0.0509. The quantitative estimate of drug-likeness (QED) is 0.601. The Bertz CT molecular complexity index is 804. The van der Waals surface area contributed by atoms with Crippen molar-refractivity contribution in [2.24, 2.45) is 0 Å². The zero-order valence-corrected chi connectivity index (χ0v) is 14.5. The molecule has 1 aliphatic carbocycles. The number of benzene rings is 1. The van der Waals surface area contributed by atoms with Crippen LogP contribution in [-0.4, -0.2) is 25.9 Å². The molecule has 2 aromatic rings. The number of amides is 1. The van der Waals surface area contributed by atoms with Crippen molar-refractivity contribution in [1.82, 2.24) is 14.8 Å². The smallest absolute Gasteiger partial charge is 0.237 e. The second-order valence-electron chi connectivity index (χ2n) is 5.89. The highest BCUT2D eigenvalue weighted by molar-refractivity contribution is 8.00. The molecule has 1 aliphatic rings. The third kappa shape index (κ3) is 4.07. The normalized spacial score (nSPS) is 15.0. The molecule has 1 fully saturated rings. The lowest BCUT2D eigenvalue weighted by atomic mass is 10.3. The summed E-state index contributed by atoms with van der Waals surface area (Å²) < 4.78 is 28.6. The molecule has 0 spiro atoms. The summed E-state index contributed by atoms with van der Waals surface area (Å²) in [5, 5.41) is 11.0. The third-order valence-electron chi connectivity index (χ3n) is 3.84. The van der Waals surface area contributed by atoms with Crippen LogP contribution in [0.1, 0.15) is 31.5 Å². The van der Waals surface area contributed by atoms with E-state index in [1.165, 1.54) is 17.8 Å². The summed E-state index contributed by atoms with van der Waals surface area (Å²) in [5.74, 6) is -0.546. The fraction of sp³-hybridized carbons (Fsp3) is 0.353. The van der Waals surface area contributed by atoms with Crippen LogP contribution in [0.3, 0.4) is 0 Å². The highest BCUT2D eigenvalue weighted by atomic mass is 32.2. The van der Waals surface area contributed by atoms with Crippen LogP contribution in [0.2, 0.25) is 0 Å². The topological polar surface area (TPSA) is 59.8 Å². The van der Waals surface area contributed by atoms with E-state index in [2.05, 4.69) is 22.1 Å². The molecule has 132 valence electrons. The number of nitrogens with zero attached hydrogens (tertiary/aromatic N) is 3. The summed E-state index contributed by atoms with van der Waals surface area (Å²) in [6.07, 6.45) is 3.96. The van der Waals surface area contributed by atoms with Gasteiger partial charge in [0.25, 0.3) is 0 Å². The first-order valence-electron chi connectivity index (χ1n) is 7.96. The SMILES string of the molecule is C=CCn1c(SC(C)C(=O)Nc2ccc(F)cc2F)nnc1C1CC1. The molecule has 1 saturated carbocycles. The minimum Gasteiger partial charge on any atom is -0.323 e. The lowest BCUT2D eigenvalue weighted by Crippen LogP contribution is -2.23. The Morgan fingerprint density at radius 2 is 2.24 bits per heavy atom. The molecule has 1 unspecified atom stereocenters. The molecule has 1 aromatic carbocycles. The van der Waals surface area contributed by atoms with Gasteiger partial charge in [-0.2, -0.15) is 0 Å². The van der Waals surface area contributed by atoms with Crippen LogP contribution in [-0.2, 0) is 11.3 Å². The summed E-state index contributed by atoms with van der Waals surface area (Å²) in [4.78, 5) is 12.3. The van der Waals surface area contributed by atoms with Crippen molar-refractivity contribution in [3.63, 3.8) is 0 Å². The van der Waals surface area contributed by atoms with E-state index in [0.29, 0.717) is 17.6 Å². The number of hydrogen-bond donors (Lipinski definition) is 1. The van der Waals surface area contributed by atoms with Gasteiger partial charge in [0, 0.05) is 18.5 Å². The molecule has 0 bridgehead atoms. The molecule has 1 aromatic heterocycles. The number of halogens is 2. The van der Waals surface area contributed by atoms with E-state index in [-0.39, 0.29) is 5.69 Å². The summed E-state index contributed by atoms with van der Waals surface area (Å²) >= 11 is 1.25. The molecule has 1 amide bonds. The first kappa shape index (κ1) is 17.6. The van der Waals surface area contributed by atoms with Gasteiger partial charge in [-0.3, -0.25) is 4.79 Å². The van der Waals surface area contributed by atoms with Gasteiger partial charge in [0.1, 0.15) is 17.5 Å². The van der Waals surface area contributed by atoms with E-state index in [1.54, 1.807) is 13.0 Å².